The monoisotopic (exact) mass is 434 g/mol. The fourth-order valence-corrected chi connectivity index (χ4v) is 2.53. The van der Waals surface area contributed by atoms with Crippen LogP contribution in [-0.2, 0) is 12.4 Å². The van der Waals surface area contributed by atoms with Crippen LogP contribution in [0, 0.1) is 0 Å². The van der Waals surface area contributed by atoms with Crippen molar-refractivity contribution in [3.05, 3.63) is 58.7 Å². The Morgan fingerprint density at radius 1 is 0.700 bits per heavy atom. The lowest BCUT2D eigenvalue weighted by molar-refractivity contribution is -0.143. The van der Waals surface area contributed by atoms with Crippen molar-refractivity contribution in [2.24, 2.45) is 0 Å². The highest BCUT2D eigenvalue weighted by atomic mass is 19.4. The van der Waals surface area contributed by atoms with Gasteiger partial charge in [-0.05, 0) is 36.4 Å². The molecule has 160 valence electrons. The highest BCUT2D eigenvalue weighted by molar-refractivity contribution is 5.99. The minimum atomic E-state index is -5.11. The molecule has 0 spiro atoms. The van der Waals surface area contributed by atoms with E-state index in [9.17, 15) is 35.9 Å². The number of nitrogens with one attached hydrogen (secondary N) is 2. The Morgan fingerprint density at radius 2 is 1.20 bits per heavy atom. The molecule has 0 saturated heterocycles. The van der Waals surface area contributed by atoms with Crippen LogP contribution < -0.4 is 20.3 Å². The second-order valence-corrected chi connectivity index (χ2v) is 6.06. The molecular formula is C18H12F6N2O4. The summed E-state index contributed by atoms with van der Waals surface area (Å²) in [5.41, 5.74) is -0.509. The predicted octanol–water partition coefficient (Wildman–Crippen LogP) is 3.57. The summed E-state index contributed by atoms with van der Waals surface area (Å²) in [6.07, 6.45) is -10.2. The molecule has 0 fully saturated rings. The summed E-state index contributed by atoms with van der Waals surface area (Å²) in [5, 5.41) is 0. The minimum absolute atomic E-state index is 0.0135. The van der Waals surface area contributed by atoms with Crippen LogP contribution in [0.2, 0.25) is 0 Å². The molecule has 0 aromatic heterocycles. The highest BCUT2D eigenvalue weighted by Gasteiger charge is 2.37. The van der Waals surface area contributed by atoms with Gasteiger partial charge < -0.3 is 9.47 Å². The van der Waals surface area contributed by atoms with E-state index in [0.717, 1.165) is 0 Å². The average Bonchev–Trinajstić information content (AvgIpc) is 2.69. The van der Waals surface area contributed by atoms with Crippen LogP contribution in [0.5, 0.6) is 11.5 Å². The molecule has 0 radical (unpaired) electrons. The zero-order valence-electron chi connectivity index (χ0n) is 14.8. The molecule has 2 aromatic carbocycles. The molecule has 2 amide bonds. The molecule has 3 rings (SSSR count). The first kappa shape index (κ1) is 21.3. The van der Waals surface area contributed by atoms with E-state index < -0.39 is 40.9 Å². The van der Waals surface area contributed by atoms with Gasteiger partial charge in [-0.3, -0.25) is 20.4 Å². The summed E-state index contributed by atoms with van der Waals surface area (Å²) in [6, 6.07) is 4.48. The third-order valence-electron chi connectivity index (χ3n) is 3.94. The molecule has 1 heterocycles. The molecule has 30 heavy (non-hydrogen) atoms. The van der Waals surface area contributed by atoms with Crippen LogP contribution in [0.4, 0.5) is 26.3 Å². The van der Waals surface area contributed by atoms with Crippen molar-refractivity contribution in [2.45, 2.75) is 12.4 Å². The van der Waals surface area contributed by atoms with Crippen molar-refractivity contribution >= 4 is 11.8 Å². The third-order valence-corrected chi connectivity index (χ3v) is 3.94. The van der Waals surface area contributed by atoms with Crippen molar-refractivity contribution in [3.63, 3.8) is 0 Å². The second-order valence-electron chi connectivity index (χ2n) is 6.06. The molecule has 2 N–H and O–H groups in total. The van der Waals surface area contributed by atoms with Gasteiger partial charge >= 0.3 is 12.4 Å². The number of hydrogen-bond donors (Lipinski definition) is 2. The fraction of sp³-hybridized carbons (Fsp3) is 0.222. The molecule has 6 nitrogen and oxygen atoms in total. The Hall–Kier alpha value is -3.44. The van der Waals surface area contributed by atoms with Crippen molar-refractivity contribution in [1.82, 2.24) is 10.9 Å². The third kappa shape index (κ3) is 4.75. The highest BCUT2D eigenvalue weighted by Crippen LogP contribution is 2.36. The standard InChI is InChI=1S/C18H12F6N2O4/c19-17(20,21)11-5-10(6-12(8-11)18(22,23)24)16(28)26-25-15(27)9-1-2-13-14(7-9)30-4-3-29-13/h1-2,5-8H,3-4H2,(H,25,27)(H,26,28). The van der Waals surface area contributed by atoms with Crippen LogP contribution >= 0.6 is 0 Å². The first-order chi connectivity index (χ1) is 13.9. The van der Waals surface area contributed by atoms with Gasteiger partial charge in [-0.15, -0.1) is 0 Å². The molecule has 0 unspecified atom stereocenters. The number of halogens is 6. The van der Waals surface area contributed by atoms with Crippen LogP contribution in [0.25, 0.3) is 0 Å². The van der Waals surface area contributed by atoms with Gasteiger partial charge in [0.25, 0.3) is 11.8 Å². The SMILES string of the molecule is O=C(NNC(=O)c1ccc2c(c1)OCCO2)c1cc(C(F)(F)F)cc(C(F)(F)F)c1. The van der Waals surface area contributed by atoms with E-state index in [0.29, 0.717) is 12.4 Å². The van der Waals surface area contributed by atoms with Crippen molar-refractivity contribution in [3.8, 4) is 11.5 Å². The molecule has 2 aromatic rings. The zero-order chi connectivity index (χ0) is 22.1. The summed E-state index contributed by atoms with van der Waals surface area (Å²) in [7, 11) is 0. The number of fused-ring (bicyclic) bond motifs is 1. The maximum atomic E-state index is 12.9. The summed E-state index contributed by atoms with van der Waals surface area (Å²) in [4.78, 5) is 24.2. The molecule has 0 atom stereocenters. The number of alkyl halides is 6. The van der Waals surface area contributed by atoms with Crippen molar-refractivity contribution in [1.29, 1.82) is 0 Å². The molecule has 1 aliphatic heterocycles. The molecule has 12 heteroatoms. The van der Waals surface area contributed by atoms with Gasteiger partial charge in [0.1, 0.15) is 13.2 Å². The fourth-order valence-electron chi connectivity index (χ4n) is 2.53. The van der Waals surface area contributed by atoms with Crippen LogP contribution in [0.15, 0.2) is 36.4 Å². The minimum Gasteiger partial charge on any atom is -0.486 e. The summed E-state index contributed by atoms with van der Waals surface area (Å²) >= 11 is 0. The topological polar surface area (TPSA) is 76.7 Å². The summed E-state index contributed by atoms with van der Waals surface area (Å²) in [6.45, 7) is 0.581. The maximum absolute atomic E-state index is 12.9. The number of amides is 2. The lowest BCUT2D eigenvalue weighted by Gasteiger charge is -2.18. The first-order valence-corrected chi connectivity index (χ1v) is 8.25. The van der Waals surface area contributed by atoms with Crippen LogP contribution in [0.1, 0.15) is 31.8 Å². The van der Waals surface area contributed by atoms with Gasteiger partial charge in [0.05, 0.1) is 11.1 Å². The predicted molar refractivity (Wildman–Crippen MR) is 88.8 cm³/mol. The normalized spacial score (nSPS) is 13.5. The van der Waals surface area contributed by atoms with Crippen LogP contribution in [-0.4, -0.2) is 25.0 Å². The molecular weight excluding hydrogens is 422 g/mol. The molecule has 0 bridgehead atoms. The largest absolute Gasteiger partial charge is 0.486 e. The number of carbonyl (C=O) groups is 2. The number of hydrogen-bond acceptors (Lipinski definition) is 4. The number of carbonyl (C=O) groups excluding carboxylic acids is 2. The van der Waals surface area contributed by atoms with Gasteiger partial charge in [-0.2, -0.15) is 26.3 Å². The van der Waals surface area contributed by atoms with E-state index in [4.69, 9.17) is 9.47 Å². The van der Waals surface area contributed by atoms with Crippen molar-refractivity contribution in [2.75, 3.05) is 13.2 Å². The lowest BCUT2D eigenvalue weighted by Crippen LogP contribution is -2.41. The summed E-state index contributed by atoms with van der Waals surface area (Å²) in [5.74, 6) is -1.57. The molecule has 0 aliphatic carbocycles. The smallest absolute Gasteiger partial charge is 0.416 e. The number of rotatable bonds is 2. The van der Waals surface area contributed by atoms with E-state index in [1.807, 2.05) is 5.43 Å². The Bertz CT molecular complexity index is 955. The van der Waals surface area contributed by atoms with Crippen molar-refractivity contribution < 1.29 is 45.4 Å². The second kappa shape index (κ2) is 7.76. The van der Waals surface area contributed by atoms with Gasteiger partial charge in [-0.25, -0.2) is 0 Å². The number of ether oxygens (including phenoxy) is 2. The Labute approximate surface area is 164 Å². The lowest BCUT2D eigenvalue weighted by atomic mass is 10.0. The van der Waals surface area contributed by atoms with E-state index >= 15 is 0 Å². The Kier molecular flexibility index (Phi) is 5.51. The zero-order valence-corrected chi connectivity index (χ0v) is 14.8. The number of hydrazine groups is 1. The van der Waals surface area contributed by atoms with E-state index in [1.165, 1.54) is 18.2 Å². The Morgan fingerprint density at radius 3 is 1.73 bits per heavy atom. The van der Waals surface area contributed by atoms with Gasteiger partial charge in [0.2, 0.25) is 0 Å². The molecule has 1 aliphatic rings. The van der Waals surface area contributed by atoms with Crippen LogP contribution in [0.3, 0.4) is 0 Å². The van der Waals surface area contributed by atoms with Gasteiger partial charge in [0, 0.05) is 11.1 Å². The van der Waals surface area contributed by atoms with Gasteiger partial charge in [0.15, 0.2) is 11.5 Å². The van der Waals surface area contributed by atoms with E-state index in [2.05, 4.69) is 0 Å². The quantitative estimate of drug-likeness (QED) is 0.560. The number of benzene rings is 2. The van der Waals surface area contributed by atoms with E-state index in [1.54, 1.807) is 5.43 Å². The maximum Gasteiger partial charge on any atom is 0.416 e. The summed E-state index contributed by atoms with van der Waals surface area (Å²) < 4.78 is 87.9. The average molecular weight is 434 g/mol. The first-order valence-electron chi connectivity index (χ1n) is 8.25. The van der Waals surface area contributed by atoms with Gasteiger partial charge in [-0.1, -0.05) is 0 Å². The Balaban J connectivity index is 1.76. The molecule has 0 saturated carbocycles. The van der Waals surface area contributed by atoms with E-state index in [-0.39, 0.29) is 36.1 Å².